The van der Waals surface area contributed by atoms with Crippen molar-refractivity contribution < 1.29 is 4.79 Å². The van der Waals surface area contributed by atoms with E-state index in [4.69, 9.17) is 0 Å². The Labute approximate surface area is 133 Å². The second-order valence-corrected chi connectivity index (χ2v) is 5.74. The number of hydrogen-bond donors (Lipinski definition) is 2. The van der Waals surface area contributed by atoms with E-state index in [2.05, 4.69) is 20.6 Å². The van der Waals surface area contributed by atoms with E-state index in [1.165, 1.54) is 12.8 Å². The molecular formula is C17H17N5O. The molecule has 4 rings (SSSR count). The molecule has 1 aliphatic carbocycles. The van der Waals surface area contributed by atoms with Crippen LogP contribution < -0.4 is 5.32 Å². The molecule has 0 spiro atoms. The molecule has 6 heteroatoms. The smallest absolute Gasteiger partial charge is 0.272 e. The Morgan fingerprint density at radius 2 is 2.17 bits per heavy atom. The van der Waals surface area contributed by atoms with Gasteiger partial charge in [-0.15, -0.1) is 0 Å². The quantitative estimate of drug-likeness (QED) is 0.760. The molecule has 1 aliphatic rings. The summed E-state index contributed by atoms with van der Waals surface area (Å²) in [7, 11) is 0. The van der Waals surface area contributed by atoms with Crippen molar-refractivity contribution in [1.29, 1.82) is 0 Å². The van der Waals surface area contributed by atoms with Crippen molar-refractivity contribution in [3.8, 4) is 5.69 Å². The van der Waals surface area contributed by atoms with Crippen molar-refractivity contribution in [3.05, 3.63) is 65.7 Å². The van der Waals surface area contributed by atoms with Crippen molar-refractivity contribution in [2.45, 2.75) is 25.3 Å². The number of benzene rings is 1. The van der Waals surface area contributed by atoms with Gasteiger partial charge in [-0.25, -0.2) is 4.68 Å². The Balaban J connectivity index is 1.47. The minimum Gasteiger partial charge on any atom is -0.346 e. The molecule has 0 bridgehead atoms. The van der Waals surface area contributed by atoms with Crippen LogP contribution in [0.15, 0.2) is 48.8 Å². The van der Waals surface area contributed by atoms with Gasteiger partial charge < -0.3 is 5.32 Å². The molecule has 1 fully saturated rings. The number of carbonyl (C=O) groups excluding carboxylic acids is 1. The summed E-state index contributed by atoms with van der Waals surface area (Å²) in [5.74, 6) is 0.396. The SMILES string of the molecule is O=C(NCc1ccccc1-n1cccn1)c1cc(C2CC2)[nH]n1. The first-order valence-corrected chi connectivity index (χ1v) is 7.72. The predicted molar refractivity (Wildman–Crippen MR) is 85.3 cm³/mol. The third kappa shape index (κ3) is 2.88. The van der Waals surface area contributed by atoms with E-state index in [1.807, 2.05) is 42.6 Å². The average Bonchev–Trinajstić information content (AvgIpc) is 3.10. The molecule has 116 valence electrons. The lowest BCUT2D eigenvalue weighted by Gasteiger charge is -2.10. The molecule has 0 atom stereocenters. The van der Waals surface area contributed by atoms with Gasteiger partial charge in [0.05, 0.1) is 5.69 Å². The second kappa shape index (κ2) is 5.72. The highest BCUT2D eigenvalue weighted by Crippen LogP contribution is 2.38. The summed E-state index contributed by atoms with van der Waals surface area (Å²) >= 11 is 0. The van der Waals surface area contributed by atoms with Gasteiger partial charge in [0, 0.05) is 30.6 Å². The number of rotatable bonds is 5. The van der Waals surface area contributed by atoms with Gasteiger partial charge in [0.2, 0.25) is 0 Å². The number of aromatic amines is 1. The fourth-order valence-electron chi connectivity index (χ4n) is 2.62. The summed E-state index contributed by atoms with van der Waals surface area (Å²) < 4.78 is 1.79. The molecule has 0 radical (unpaired) electrons. The largest absolute Gasteiger partial charge is 0.346 e. The van der Waals surface area contributed by atoms with Crippen LogP contribution in [0.3, 0.4) is 0 Å². The zero-order chi connectivity index (χ0) is 15.6. The standard InChI is InChI=1S/C17H17N5O/c23-17(15-10-14(20-21-15)12-6-7-12)18-11-13-4-1-2-5-16(13)22-9-3-8-19-22/h1-5,8-10,12H,6-7,11H2,(H,18,23)(H,20,21). The van der Waals surface area contributed by atoms with Gasteiger partial charge in [-0.3, -0.25) is 9.89 Å². The van der Waals surface area contributed by atoms with E-state index in [-0.39, 0.29) is 5.91 Å². The van der Waals surface area contributed by atoms with E-state index in [9.17, 15) is 4.79 Å². The Hall–Kier alpha value is -2.89. The van der Waals surface area contributed by atoms with Gasteiger partial charge in [0.15, 0.2) is 0 Å². The zero-order valence-corrected chi connectivity index (χ0v) is 12.6. The van der Waals surface area contributed by atoms with Gasteiger partial charge in [-0.05, 0) is 36.6 Å². The van der Waals surface area contributed by atoms with Crippen LogP contribution in [0.1, 0.15) is 40.5 Å². The highest BCUT2D eigenvalue weighted by molar-refractivity contribution is 5.92. The van der Waals surface area contributed by atoms with Gasteiger partial charge in [0.1, 0.15) is 5.69 Å². The number of para-hydroxylation sites is 1. The van der Waals surface area contributed by atoms with Crippen LogP contribution in [0.2, 0.25) is 0 Å². The molecule has 2 heterocycles. The van der Waals surface area contributed by atoms with Crippen LogP contribution in [0.25, 0.3) is 5.69 Å². The monoisotopic (exact) mass is 307 g/mol. The van der Waals surface area contributed by atoms with Crippen molar-refractivity contribution >= 4 is 5.91 Å². The van der Waals surface area contributed by atoms with Crippen molar-refractivity contribution in [3.63, 3.8) is 0 Å². The maximum absolute atomic E-state index is 12.3. The molecule has 2 aromatic heterocycles. The molecule has 0 saturated heterocycles. The lowest BCUT2D eigenvalue weighted by atomic mass is 10.1. The molecule has 23 heavy (non-hydrogen) atoms. The number of hydrogen-bond acceptors (Lipinski definition) is 3. The lowest BCUT2D eigenvalue weighted by Crippen LogP contribution is -2.24. The van der Waals surface area contributed by atoms with Crippen molar-refractivity contribution in [1.82, 2.24) is 25.3 Å². The first-order chi connectivity index (χ1) is 11.3. The fraction of sp³-hybridized carbons (Fsp3) is 0.235. The normalized spacial score (nSPS) is 13.9. The van der Waals surface area contributed by atoms with E-state index >= 15 is 0 Å². The number of amides is 1. The van der Waals surface area contributed by atoms with Gasteiger partial charge >= 0.3 is 0 Å². The zero-order valence-electron chi connectivity index (χ0n) is 12.6. The summed E-state index contributed by atoms with van der Waals surface area (Å²) in [6.07, 6.45) is 5.98. The van der Waals surface area contributed by atoms with Crippen LogP contribution in [0, 0.1) is 0 Å². The third-order valence-corrected chi connectivity index (χ3v) is 4.03. The van der Waals surface area contributed by atoms with E-state index in [0.717, 1.165) is 16.9 Å². The Bertz CT molecular complexity index is 817. The van der Waals surface area contributed by atoms with Gasteiger partial charge in [-0.1, -0.05) is 18.2 Å². The number of aromatic nitrogens is 4. The van der Waals surface area contributed by atoms with E-state index in [1.54, 1.807) is 10.9 Å². The number of carbonyl (C=O) groups is 1. The minimum absolute atomic E-state index is 0.164. The van der Waals surface area contributed by atoms with Gasteiger partial charge in [0.25, 0.3) is 5.91 Å². The number of H-pyrrole nitrogens is 1. The Morgan fingerprint density at radius 3 is 2.96 bits per heavy atom. The fourth-order valence-corrected chi connectivity index (χ4v) is 2.62. The maximum atomic E-state index is 12.3. The highest BCUT2D eigenvalue weighted by Gasteiger charge is 2.26. The Morgan fingerprint density at radius 1 is 1.30 bits per heavy atom. The third-order valence-electron chi connectivity index (χ3n) is 4.03. The summed E-state index contributed by atoms with van der Waals surface area (Å²) in [6, 6.07) is 11.6. The molecule has 6 nitrogen and oxygen atoms in total. The summed E-state index contributed by atoms with van der Waals surface area (Å²) in [5.41, 5.74) is 3.47. The first kappa shape index (κ1) is 13.8. The summed E-state index contributed by atoms with van der Waals surface area (Å²) in [6.45, 7) is 0.431. The van der Waals surface area contributed by atoms with Crippen LogP contribution in [0.4, 0.5) is 0 Å². The molecule has 0 aliphatic heterocycles. The second-order valence-electron chi connectivity index (χ2n) is 5.74. The molecule has 1 aromatic carbocycles. The van der Waals surface area contributed by atoms with Crippen LogP contribution in [0.5, 0.6) is 0 Å². The summed E-state index contributed by atoms with van der Waals surface area (Å²) in [4.78, 5) is 12.3. The highest BCUT2D eigenvalue weighted by atomic mass is 16.1. The lowest BCUT2D eigenvalue weighted by molar-refractivity contribution is 0.0946. The number of nitrogens with zero attached hydrogens (tertiary/aromatic N) is 3. The van der Waals surface area contributed by atoms with E-state index in [0.29, 0.717) is 18.2 Å². The van der Waals surface area contributed by atoms with Crippen LogP contribution in [-0.4, -0.2) is 25.9 Å². The van der Waals surface area contributed by atoms with E-state index < -0.39 is 0 Å². The Kier molecular flexibility index (Phi) is 3.42. The topological polar surface area (TPSA) is 75.6 Å². The molecule has 0 unspecified atom stereocenters. The van der Waals surface area contributed by atoms with Crippen molar-refractivity contribution in [2.75, 3.05) is 0 Å². The van der Waals surface area contributed by atoms with Crippen LogP contribution >= 0.6 is 0 Å². The van der Waals surface area contributed by atoms with Crippen LogP contribution in [-0.2, 0) is 6.54 Å². The van der Waals surface area contributed by atoms with Crippen molar-refractivity contribution in [2.24, 2.45) is 0 Å². The minimum atomic E-state index is -0.164. The molecular weight excluding hydrogens is 290 g/mol. The molecule has 2 N–H and O–H groups in total. The maximum Gasteiger partial charge on any atom is 0.272 e. The molecule has 1 saturated carbocycles. The van der Waals surface area contributed by atoms with Gasteiger partial charge in [-0.2, -0.15) is 10.2 Å². The number of nitrogens with one attached hydrogen (secondary N) is 2. The first-order valence-electron chi connectivity index (χ1n) is 7.72. The summed E-state index contributed by atoms with van der Waals surface area (Å²) in [5, 5.41) is 14.2. The molecule has 1 amide bonds. The molecule has 3 aromatic rings. The predicted octanol–water partition coefficient (Wildman–Crippen LogP) is 2.40. The average molecular weight is 307 g/mol.